The van der Waals surface area contributed by atoms with Crippen LogP contribution in [-0.2, 0) is 0 Å². The minimum atomic E-state index is 0.543. The number of nitrogens with two attached hydrogens (primary N) is 2. The van der Waals surface area contributed by atoms with E-state index in [1.807, 2.05) is 36.4 Å². The molecule has 0 aromatic heterocycles. The number of aliphatic imine (C=N–C) groups is 2. The molecule has 2 rings (SSSR count). The van der Waals surface area contributed by atoms with E-state index >= 15 is 0 Å². The molecule has 2 aromatic carbocycles. The van der Waals surface area contributed by atoms with Crippen molar-refractivity contribution < 1.29 is 0 Å². The van der Waals surface area contributed by atoms with E-state index in [-0.39, 0.29) is 0 Å². The van der Waals surface area contributed by atoms with Gasteiger partial charge in [0.2, 0.25) is 0 Å². The number of hydrogen-bond acceptors (Lipinski definition) is 4. The van der Waals surface area contributed by atoms with Gasteiger partial charge in [-0.3, -0.25) is 0 Å². The summed E-state index contributed by atoms with van der Waals surface area (Å²) in [4.78, 5) is 8.68. The molecule has 0 aliphatic rings. The Morgan fingerprint density at radius 2 is 1.19 bits per heavy atom. The third-order valence-electron chi connectivity index (χ3n) is 3.13. The molecule has 0 spiro atoms. The maximum Gasteiger partial charge on any atom is 0.159 e. The molecule has 8 heteroatoms. The van der Waals surface area contributed by atoms with Crippen molar-refractivity contribution in [3.8, 4) is 0 Å². The van der Waals surface area contributed by atoms with Crippen molar-refractivity contribution in [2.45, 2.75) is 12.8 Å². The molecule has 0 bridgehead atoms. The van der Waals surface area contributed by atoms with Gasteiger partial charge in [-0.2, -0.15) is 0 Å². The lowest BCUT2D eigenvalue weighted by atomic mass is 10.3. The first-order valence-corrected chi connectivity index (χ1v) is 10.7. The number of halogens is 2. The zero-order valence-electron chi connectivity index (χ0n) is 14.1. The Bertz CT molecular complexity index is 716. The van der Waals surface area contributed by atoms with Crippen LogP contribution in [0.15, 0.2) is 58.5 Å². The minimum absolute atomic E-state index is 0.543. The van der Waals surface area contributed by atoms with E-state index in [0.717, 1.165) is 35.7 Å². The molecule has 4 N–H and O–H groups in total. The topological polar surface area (TPSA) is 76.8 Å². The van der Waals surface area contributed by atoms with Crippen LogP contribution in [0.25, 0.3) is 0 Å². The standard InChI is InChI=1S/C18H20Cl2N4S2/c19-13-5-3-7-15(11-13)23-17(21)25-9-1-2-10-26-18(22)24-16-8-4-6-14(20)12-16/h3-8,11-12H,1-2,9-10H2,(H2,21,23)(H2,22,24). The Labute approximate surface area is 172 Å². The molecule has 0 aliphatic heterocycles. The quantitative estimate of drug-likeness (QED) is 0.331. The maximum absolute atomic E-state index is 5.93. The van der Waals surface area contributed by atoms with Crippen molar-refractivity contribution in [3.63, 3.8) is 0 Å². The van der Waals surface area contributed by atoms with Gasteiger partial charge < -0.3 is 11.5 Å². The largest absolute Gasteiger partial charge is 0.378 e. The lowest BCUT2D eigenvalue weighted by molar-refractivity contribution is 0.910. The number of thioether (sulfide) groups is 2. The lowest BCUT2D eigenvalue weighted by Crippen LogP contribution is -2.08. The number of nitrogens with zero attached hydrogens (tertiary/aromatic N) is 2. The molecule has 0 atom stereocenters. The maximum atomic E-state index is 5.93. The molecule has 0 heterocycles. The van der Waals surface area contributed by atoms with Crippen molar-refractivity contribution in [1.29, 1.82) is 0 Å². The molecule has 0 amide bonds. The van der Waals surface area contributed by atoms with Crippen LogP contribution in [0.1, 0.15) is 12.8 Å². The first kappa shape index (κ1) is 21.0. The number of unbranched alkanes of at least 4 members (excludes halogenated alkanes) is 1. The summed E-state index contributed by atoms with van der Waals surface area (Å²) in [6, 6.07) is 14.6. The van der Waals surface area contributed by atoms with Gasteiger partial charge in [-0.25, -0.2) is 9.98 Å². The summed E-state index contributed by atoms with van der Waals surface area (Å²) in [6.45, 7) is 0. The van der Waals surface area contributed by atoms with Gasteiger partial charge in [0.25, 0.3) is 0 Å². The predicted molar refractivity (Wildman–Crippen MR) is 120 cm³/mol. The Morgan fingerprint density at radius 1 is 0.769 bits per heavy atom. The molecule has 2 aromatic rings. The van der Waals surface area contributed by atoms with E-state index in [4.69, 9.17) is 34.7 Å². The second kappa shape index (κ2) is 11.4. The van der Waals surface area contributed by atoms with Crippen molar-refractivity contribution in [1.82, 2.24) is 0 Å². The molecule has 0 fully saturated rings. The van der Waals surface area contributed by atoms with E-state index in [1.54, 1.807) is 12.1 Å². The molecular formula is C18H20Cl2N4S2. The van der Waals surface area contributed by atoms with Gasteiger partial charge in [-0.05, 0) is 49.2 Å². The van der Waals surface area contributed by atoms with E-state index in [9.17, 15) is 0 Å². The molecule has 0 saturated carbocycles. The Hall–Kier alpha value is -1.34. The Morgan fingerprint density at radius 3 is 1.58 bits per heavy atom. The number of rotatable bonds is 7. The summed E-state index contributed by atoms with van der Waals surface area (Å²) in [5, 5.41) is 2.39. The monoisotopic (exact) mass is 426 g/mol. The predicted octanol–water partition coefficient (Wildman–Crippen LogP) is 5.83. The SMILES string of the molecule is NC(=Nc1cccc(Cl)c1)SCCCCSC(N)=Nc1cccc(Cl)c1. The van der Waals surface area contributed by atoms with Crippen molar-refractivity contribution in [3.05, 3.63) is 58.6 Å². The van der Waals surface area contributed by atoms with Crippen LogP contribution in [0.5, 0.6) is 0 Å². The number of benzene rings is 2. The van der Waals surface area contributed by atoms with Gasteiger partial charge >= 0.3 is 0 Å². The summed E-state index contributed by atoms with van der Waals surface area (Å²) in [5.74, 6) is 1.81. The fraction of sp³-hybridized carbons (Fsp3) is 0.222. The van der Waals surface area contributed by atoms with E-state index in [0.29, 0.717) is 20.4 Å². The fourth-order valence-electron chi connectivity index (χ4n) is 1.97. The fourth-order valence-corrected chi connectivity index (χ4v) is 3.79. The molecule has 0 aliphatic carbocycles. The van der Waals surface area contributed by atoms with Crippen molar-refractivity contribution in [2.24, 2.45) is 21.5 Å². The Kier molecular flexibility index (Phi) is 9.18. The van der Waals surface area contributed by atoms with Gasteiger partial charge in [0.05, 0.1) is 11.4 Å². The van der Waals surface area contributed by atoms with Gasteiger partial charge in [0, 0.05) is 21.6 Å². The third-order valence-corrected chi connectivity index (χ3v) is 5.36. The summed E-state index contributed by atoms with van der Waals surface area (Å²) >= 11 is 14.9. The average Bonchev–Trinajstić information content (AvgIpc) is 2.58. The molecule has 0 saturated heterocycles. The van der Waals surface area contributed by atoms with E-state index in [1.165, 1.54) is 23.5 Å². The second-order valence-corrected chi connectivity index (χ2v) is 8.37. The summed E-state index contributed by atoms with van der Waals surface area (Å²) in [5.41, 5.74) is 13.4. The summed E-state index contributed by atoms with van der Waals surface area (Å²) in [6.07, 6.45) is 2.04. The first-order chi connectivity index (χ1) is 12.5. The van der Waals surface area contributed by atoms with Crippen LogP contribution in [-0.4, -0.2) is 21.8 Å². The highest BCUT2D eigenvalue weighted by atomic mass is 35.5. The van der Waals surface area contributed by atoms with Gasteiger partial charge in [0.1, 0.15) is 0 Å². The second-order valence-electron chi connectivity index (χ2n) is 5.26. The third kappa shape index (κ3) is 8.36. The Balaban J connectivity index is 1.64. The smallest absolute Gasteiger partial charge is 0.159 e. The van der Waals surface area contributed by atoms with Crippen LogP contribution in [0, 0.1) is 0 Å². The number of hydrogen-bond donors (Lipinski definition) is 2. The van der Waals surface area contributed by atoms with E-state index in [2.05, 4.69) is 9.98 Å². The highest BCUT2D eigenvalue weighted by Gasteiger charge is 1.99. The highest BCUT2D eigenvalue weighted by Crippen LogP contribution is 2.21. The summed E-state index contributed by atoms with van der Waals surface area (Å²) in [7, 11) is 0. The molecule has 26 heavy (non-hydrogen) atoms. The van der Waals surface area contributed by atoms with E-state index < -0.39 is 0 Å². The summed E-state index contributed by atoms with van der Waals surface area (Å²) < 4.78 is 0. The van der Waals surface area contributed by atoms with Crippen LogP contribution in [0.4, 0.5) is 11.4 Å². The minimum Gasteiger partial charge on any atom is -0.378 e. The molecule has 138 valence electrons. The first-order valence-electron chi connectivity index (χ1n) is 7.98. The van der Waals surface area contributed by atoms with Crippen LogP contribution < -0.4 is 11.5 Å². The zero-order chi connectivity index (χ0) is 18.8. The highest BCUT2D eigenvalue weighted by molar-refractivity contribution is 8.14. The van der Waals surface area contributed by atoms with Crippen molar-refractivity contribution >= 4 is 68.4 Å². The lowest BCUT2D eigenvalue weighted by Gasteiger charge is -2.03. The van der Waals surface area contributed by atoms with Gasteiger partial charge in [-0.15, -0.1) is 0 Å². The van der Waals surface area contributed by atoms with Crippen LogP contribution >= 0.6 is 46.7 Å². The molecule has 4 nitrogen and oxygen atoms in total. The molecular weight excluding hydrogens is 407 g/mol. The normalized spacial score (nSPS) is 12.4. The number of amidine groups is 2. The zero-order valence-corrected chi connectivity index (χ0v) is 17.2. The van der Waals surface area contributed by atoms with Crippen LogP contribution in [0.3, 0.4) is 0 Å². The van der Waals surface area contributed by atoms with Crippen molar-refractivity contribution in [2.75, 3.05) is 11.5 Å². The van der Waals surface area contributed by atoms with Gasteiger partial charge in [0.15, 0.2) is 10.3 Å². The molecule has 0 radical (unpaired) electrons. The molecule has 0 unspecified atom stereocenters. The van der Waals surface area contributed by atoms with Gasteiger partial charge in [-0.1, -0.05) is 58.9 Å². The van der Waals surface area contributed by atoms with Crippen LogP contribution in [0.2, 0.25) is 10.0 Å². The average molecular weight is 427 g/mol.